The van der Waals surface area contributed by atoms with Crippen LogP contribution in [0.4, 0.5) is 11.8 Å². The third-order valence-electron chi connectivity index (χ3n) is 8.27. The molecule has 3 N–H and O–H groups in total. The fraction of sp³-hybridized carbons (Fsp3) is 0.500. The van der Waals surface area contributed by atoms with Gasteiger partial charge in [0.2, 0.25) is 5.95 Å². The predicted molar refractivity (Wildman–Crippen MR) is 156 cm³/mol. The number of aliphatic hydroxyl groups is 1. The number of nitrogens with zero attached hydrogens (tertiary/aromatic N) is 3. The Morgan fingerprint density at radius 3 is 2.32 bits per heavy atom. The van der Waals surface area contributed by atoms with Crippen LogP contribution in [0.1, 0.15) is 85.4 Å². The summed E-state index contributed by atoms with van der Waals surface area (Å²) in [7, 11) is 4.17. The molecule has 2 atom stereocenters. The molecule has 0 amide bonds. The van der Waals surface area contributed by atoms with E-state index in [0.29, 0.717) is 18.0 Å². The molecule has 3 aromatic rings. The van der Waals surface area contributed by atoms with Gasteiger partial charge in [0.1, 0.15) is 11.9 Å². The summed E-state index contributed by atoms with van der Waals surface area (Å²) in [5.74, 6) is 2.26. The predicted octanol–water partition coefficient (Wildman–Crippen LogP) is 5.62. The maximum atomic E-state index is 10.8. The molecule has 1 saturated carbocycles. The molecular formula is C32H43N5O. The first-order chi connectivity index (χ1) is 18.5. The Hall–Kier alpha value is -2.96. The van der Waals surface area contributed by atoms with E-state index in [2.05, 4.69) is 54.8 Å². The van der Waals surface area contributed by atoms with Gasteiger partial charge in [-0.1, -0.05) is 61.5 Å². The molecule has 6 heteroatoms. The maximum Gasteiger partial charge on any atom is 0.225 e. The van der Waals surface area contributed by atoms with E-state index in [0.717, 1.165) is 68.0 Å². The number of aryl methyl sites for hydroxylation is 1. The molecule has 38 heavy (non-hydrogen) atoms. The third-order valence-corrected chi connectivity index (χ3v) is 8.27. The van der Waals surface area contributed by atoms with Gasteiger partial charge >= 0.3 is 0 Å². The Morgan fingerprint density at radius 2 is 1.55 bits per heavy atom. The van der Waals surface area contributed by atoms with Crippen molar-refractivity contribution in [2.75, 3.05) is 30.9 Å². The molecule has 0 bridgehead atoms. The second kappa shape index (κ2) is 12.3. The molecule has 1 unspecified atom stereocenters. The van der Waals surface area contributed by atoms with Crippen molar-refractivity contribution < 1.29 is 5.11 Å². The normalized spacial score (nSPS) is 20.8. The average molecular weight is 514 g/mol. The molecule has 0 spiro atoms. The summed E-state index contributed by atoms with van der Waals surface area (Å²) in [5.41, 5.74) is 5.73. The Labute approximate surface area is 227 Å². The lowest BCUT2D eigenvalue weighted by Gasteiger charge is -2.31. The van der Waals surface area contributed by atoms with E-state index in [1.807, 2.05) is 36.4 Å². The summed E-state index contributed by atoms with van der Waals surface area (Å²) in [4.78, 5) is 12.0. The van der Waals surface area contributed by atoms with Gasteiger partial charge in [-0.15, -0.1) is 0 Å². The fourth-order valence-corrected chi connectivity index (χ4v) is 5.96. The molecule has 1 aromatic heterocycles. The van der Waals surface area contributed by atoms with Gasteiger partial charge in [-0.05, 0) is 74.0 Å². The highest BCUT2D eigenvalue weighted by atomic mass is 16.3. The zero-order valence-corrected chi connectivity index (χ0v) is 23.2. The van der Waals surface area contributed by atoms with Gasteiger partial charge in [-0.25, -0.2) is 4.98 Å². The summed E-state index contributed by atoms with van der Waals surface area (Å²) in [6.45, 7) is 3.21. The van der Waals surface area contributed by atoms with Crippen LogP contribution < -0.4 is 15.5 Å². The molecule has 1 fully saturated rings. The first kappa shape index (κ1) is 26.6. The molecule has 0 saturated heterocycles. The minimum atomic E-state index is -0.591. The van der Waals surface area contributed by atoms with E-state index in [4.69, 9.17) is 9.97 Å². The smallest absolute Gasteiger partial charge is 0.225 e. The van der Waals surface area contributed by atoms with Crippen LogP contribution >= 0.6 is 0 Å². The minimum Gasteiger partial charge on any atom is -0.384 e. The molecule has 2 aromatic carbocycles. The average Bonchev–Trinajstić information content (AvgIpc) is 2.96. The van der Waals surface area contributed by atoms with E-state index < -0.39 is 6.10 Å². The highest BCUT2D eigenvalue weighted by molar-refractivity contribution is 5.53. The zero-order valence-electron chi connectivity index (χ0n) is 23.2. The number of benzene rings is 2. The van der Waals surface area contributed by atoms with Crippen molar-refractivity contribution in [3.8, 4) is 0 Å². The molecule has 5 rings (SSSR count). The second-order valence-corrected chi connectivity index (χ2v) is 11.4. The van der Waals surface area contributed by atoms with Crippen LogP contribution in [0.25, 0.3) is 0 Å². The van der Waals surface area contributed by atoms with Crippen molar-refractivity contribution in [3.05, 3.63) is 82.5 Å². The van der Waals surface area contributed by atoms with Crippen LogP contribution in [-0.4, -0.2) is 47.8 Å². The largest absolute Gasteiger partial charge is 0.384 e. The Morgan fingerprint density at radius 1 is 0.868 bits per heavy atom. The molecule has 202 valence electrons. The number of rotatable bonds is 9. The van der Waals surface area contributed by atoms with Crippen molar-refractivity contribution in [2.45, 2.75) is 82.4 Å². The van der Waals surface area contributed by atoms with Gasteiger partial charge in [0.25, 0.3) is 0 Å². The number of nitrogens with one attached hydrogen (secondary N) is 2. The summed E-state index contributed by atoms with van der Waals surface area (Å²) >= 11 is 0. The van der Waals surface area contributed by atoms with E-state index in [1.54, 1.807) is 0 Å². The van der Waals surface area contributed by atoms with Gasteiger partial charge in [-0.3, -0.25) is 0 Å². The SMILES string of the molecule is C[C@H](CN[C@H]1CC[C@@H](Nc2nc3c(c(N(C)C)n2)CCCC3)CC1)c1cccc(C(O)c2ccccc2)c1. The topological polar surface area (TPSA) is 73.3 Å². The van der Waals surface area contributed by atoms with Gasteiger partial charge in [0.15, 0.2) is 0 Å². The van der Waals surface area contributed by atoms with Gasteiger partial charge in [0.05, 0.1) is 5.69 Å². The molecule has 1 heterocycles. The lowest BCUT2D eigenvalue weighted by molar-refractivity contribution is 0.220. The van der Waals surface area contributed by atoms with Crippen LogP contribution in [0.5, 0.6) is 0 Å². The van der Waals surface area contributed by atoms with Crippen LogP contribution in [-0.2, 0) is 12.8 Å². The van der Waals surface area contributed by atoms with Crippen LogP contribution in [0.2, 0.25) is 0 Å². The highest BCUT2D eigenvalue weighted by Gasteiger charge is 2.24. The van der Waals surface area contributed by atoms with E-state index in [-0.39, 0.29) is 0 Å². The third kappa shape index (κ3) is 6.36. The lowest BCUT2D eigenvalue weighted by Crippen LogP contribution is -2.38. The first-order valence-corrected chi connectivity index (χ1v) is 14.4. The molecule has 2 aliphatic rings. The second-order valence-electron chi connectivity index (χ2n) is 11.4. The fourth-order valence-electron chi connectivity index (χ4n) is 5.96. The Bertz CT molecular complexity index is 1190. The number of hydrogen-bond acceptors (Lipinski definition) is 6. The van der Waals surface area contributed by atoms with Gasteiger partial charge in [-0.2, -0.15) is 4.98 Å². The molecule has 2 aliphatic carbocycles. The number of aliphatic hydroxyl groups excluding tert-OH is 1. The lowest BCUT2D eigenvalue weighted by atomic mass is 9.90. The first-order valence-electron chi connectivity index (χ1n) is 14.4. The van der Waals surface area contributed by atoms with Crippen molar-refractivity contribution in [1.82, 2.24) is 15.3 Å². The van der Waals surface area contributed by atoms with E-state index >= 15 is 0 Å². The van der Waals surface area contributed by atoms with Crippen molar-refractivity contribution >= 4 is 11.8 Å². The van der Waals surface area contributed by atoms with Crippen molar-refractivity contribution in [2.24, 2.45) is 0 Å². The maximum absolute atomic E-state index is 10.8. The summed E-state index contributed by atoms with van der Waals surface area (Å²) in [6.07, 6.45) is 8.60. The molecular weight excluding hydrogens is 470 g/mol. The summed E-state index contributed by atoms with van der Waals surface area (Å²) < 4.78 is 0. The summed E-state index contributed by atoms with van der Waals surface area (Å²) in [6, 6.07) is 19.3. The Balaban J connectivity index is 1.12. The number of anilines is 2. The van der Waals surface area contributed by atoms with E-state index in [9.17, 15) is 5.11 Å². The zero-order chi connectivity index (χ0) is 26.5. The van der Waals surface area contributed by atoms with Crippen molar-refractivity contribution in [3.63, 3.8) is 0 Å². The number of hydrogen-bond donors (Lipinski definition) is 3. The molecule has 0 radical (unpaired) electrons. The summed E-state index contributed by atoms with van der Waals surface area (Å²) in [5, 5.41) is 18.3. The number of fused-ring (bicyclic) bond motifs is 1. The molecule has 6 nitrogen and oxygen atoms in total. The quantitative estimate of drug-likeness (QED) is 0.345. The highest BCUT2D eigenvalue weighted by Crippen LogP contribution is 2.30. The number of aromatic nitrogens is 2. The standard InChI is InChI=1S/C32H43N5O/c1-22(24-12-9-13-25(20-24)30(38)23-10-5-4-6-11-23)21-33-26-16-18-27(19-17-26)34-32-35-29-15-8-7-14-28(29)31(36-32)37(2)3/h4-6,9-13,20,22,26-27,30,33,38H,7-8,14-19,21H2,1-3H3,(H,34,35,36)/t22-,26-,27+,30?/m1/s1. The van der Waals surface area contributed by atoms with Crippen LogP contribution in [0.15, 0.2) is 54.6 Å². The molecule has 0 aliphatic heterocycles. The monoisotopic (exact) mass is 513 g/mol. The van der Waals surface area contributed by atoms with Gasteiger partial charge < -0.3 is 20.6 Å². The van der Waals surface area contributed by atoms with Crippen LogP contribution in [0.3, 0.4) is 0 Å². The van der Waals surface area contributed by atoms with Gasteiger partial charge in [0, 0.05) is 38.3 Å². The minimum absolute atomic E-state index is 0.377. The van der Waals surface area contributed by atoms with Crippen molar-refractivity contribution in [1.29, 1.82) is 0 Å². The van der Waals surface area contributed by atoms with E-state index in [1.165, 1.54) is 29.7 Å². The van der Waals surface area contributed by atoms with Crippen LogP contribution in [0, 0.1) is 0 Å². The Kier molecular flexibility index (Phi) is 8.60.